The molecule has 1 saturated heterocycles. The van der Waals surface area contributed by atoms with E-state index in [1.807, 2.05) is 24.0 Å². The van der Waals surface area contributed by atoms with Gasteiger partial charge in [0.1, 0.15) is 12.0 Å². The Morgan fingerprint density at radius 2 is 1.79 bits per heavy atom. The third-order valence-electron chi connectivity index (χ3n) is 4.38. The number of hydrogen-bond acceptors (Lipinski definition) is 5. The van der Waals surface area contributed by atoms with Crippen molar-refractivity contribution >= 4 is 34.7 Å². The molecule has 0 radical (unpaired) electrons. The van der Waals surface area contributed by atoms with Crippen molar-refractivity contribution < 1.29 is 9.90 Å². The van der Waals surface area contributed by atoms with E-state index < -0.39 is 6.23 Å². The predicted molar refractivity (Wildman–Crippen MR) is 98.7 cm³/mol. The number of halogens is 2. The van der Waals surface area contributed by atoms with Crippen LogP contribution in [0.1, 0.15) is 19.8 Å². The number of ketones is 1. The molecular weight excluding hydrogens is 349 g/mol. The second-order valence-corrected chi connectivity index (χ2v) is 7.20. The van der Waals surface area contributed by atoms with Gasteiger partial charge in [-0.1, -0.05) is 30.1 Å². The predicted octanol–water partition coefficient (Wildman–Crippen LogP) is 2.38. The Morgan fingerprint density at radius 1 is 1.21 bits per heavy atom. The largest absolute Gasteiger partial charge is 0.378 e. The van der Waals surface area contributed by atoms with Gasteiger partial charge in [-0.05, 0) is 24.7 Å². The van der Waals surface area contributed by atoms with Gasteiger partial charge in [0.2, 0.25) is 0 Å². The first kappa shape index (κ1) is 19.5. The first-order chi connectivity index (χ1) is 11.4. The van der Waals surface area contributed by atoms with E-state index in [2.05, 4.69) is 4.90 Å². The lowest BCUT2D eigenvalue weighted by Crippen LogP contribution is -2.52. The van der Waals surface area contributed by atoms with E-state index in [0.29, 0.717) is 29.4 Å². The van der Waals surface area contributed by atoms with Gasteiger partial charge >= 0.3 is 0 Å². The summed E-state index contributed by atoms with van der Waals surface area (Å²) in [4.78, 5) is 15.9. The van der Waals surface area contributed by atoms with Crippen LogP contribution in [0.25, 0.3) is 0 Å². The molecule has 0 aliphatic carbocycles. The number of aliphatic hydroxyl groups is 1. The number of anilines is 1. The number of aliphatic hydroxyl groups excluding tert-OH is 1. The number of carbonyl (C=O) groups excluding carboxylic acids is 1. The third kappa shape index (κ3) is 5.33. The summed E-state index contributed by atoms with van der Waals surface area (Å²) in [5.74, 6) is 0.00692. The van der Waals surface area contributed by atoms with Crippen molar-refractivity contribution in [2.24, 2.45) is 11.7 Å². The minimum absolute atomic E-state index is 0.101. The van der Waals surface area contributed by atoms with Crippen LogP contribution < -0.4 is 10.6 Å². The number of nitrogens with zero attached hydrogens (tertiary/aromatic N) is 2. The maximum atomic E-state index is 11.7. The molecule has 0 amide bonds. The highest BCUT2D eigenvalue weighted by Crippen LogP contribution is 2.27. The molecule has 1 heterocycles. The van der Waals surface area contributed by atoms with E-state index in [1.165, 1.54) is 0 Å². The lowest BCUT2D eigenvalue weighted by Gasteiger charge is -2.40. The van der Waals surface area contributed by atoms with Gasteiger partial charge in [-0.15, -0.1) is 0 Å². The number of benzene rings is 1. The lowest BCUT2D eigenvalue weighted by molar-refractivity contribution is -0.122. The molecule has 1 aromatic carbocycles. The van der Waals surface area contributed by atoms with Crippen molar-refractivity contribution in [3.8, 4) is 0 Å². The number of nitrogens with two attached hydrogens (primary N) is 1. The van der Waals surface area contributed by atoms with Crippen LogP contribution in [0, 0.1) is 5.92 Å². The molecule has 0 aromatic heterocycles. The molecular formula is C17H25Cl2N3O2. The monoisotopic (exact) mass is 373 g/mol. The smallest absolute Gasteiger partial charge is 0.134 e. The van der Waals surface area contributed by atoms with Crippen molar-refractivity contribution in [1.29, 1.82) is 0 Å². The van der Waals surface area contributed by atoms with E-state index in [1.54, 1.807) is 6.07 Å². The molecule has 5 nitrogen and oxygen atoms in total. The van der Waals surface area contributed by atoms with Gasteiger partial charge in [-0.3, -0.25) is 9.69 Å². The maximum absolute atomic E-state index is 11.7. The molecule has 0 saturated carbocycles. The van der Waals surface area contributed by atoms with E-state index in [-0.39, 0.29) is 11.7 Å². The minimum Gasteiger partial charge on any atom is -0.378 e. The second kappa shape index (κ2) is 9.02. The fraction of sp³-hybridized carbons (Fsp3) is 0.588. The molecule has 0 spiro atoms. The molecule has 2 unspecified atom stereocenters. The molecule has 7 heteroatoms. The average molecular weight is 374 g/mol. The van der Waals surface area contributed by atoms with Crippen LogP contribution in [0.3, 0.4) is 0 Å². The highest BCUT2D eigenvalue weighted by atomic mass is 35.5. The molecule has 134 valence electrons. The Kier molecular flexibility index (Phi) is 7.32. The zero-order chi connectivity index (χ0) is 17.7. The first-order valence-corrected chi connectivity index (χ1v) is 9.01. The van der Waals surface area contributed by atoms with Crippen LogP contribution in [0.15, 0.2) is 18.2 Å². The van der Waals surface area contributed by atoms with Crippen LogP contribution in [0.2, 0.25) is 10.0 Å². The van der Waals surface area contributed by atoms with Crippen molar-refractivity contribution in [2.75, 3.05) is 37.6 Å². The van der Waals surface area contributed by atoms with E-state index in [4.69, 9.17) is 28.9 Å². The molecule has 1 aliphatic rings. The summed E-state index contributed by atoms with van der Waals surface area (Å²) < 4.78 is 0. The van der Waals surface area contributed by atoms with Crippen LogP contribution >= 0.6 is 23.2 Å². The van der Waals surface area contributed by atoms with Crippen LogP contribution in [0.4, 0.5) is 5.69 Å². The number of carbonyl (C=O) groups is 1. The average Bonchev–Trinajstić information content (AvgIpc) is 2.53. The van der Waals surface area contributed by atoms with Crippen molar-refractivity contribution in [2.45, 2.75) is 26.0 Å². The Morgan fingerprint density at radius 3 is 2.33 bits per heavy atom. The number of rotatable bonds is 7. The Bertz CT molecular complexity index is 543. The Labute approximate surface area is 153 Å². The van der Waals surface area contributed by atoms with E-state index in [0.717, 1.165) is 31.9 Å². The van der Waals surface area contributed by atoms with Crippen molar-refractivity contribution in [3.05, 3.63) is 28.2 Å². The molecule has 1 aliphatic heterocycles. The summed E-state index contributed by atoms with van der Waals surface area (Å²) in [5.41, 5.74) is 6.39. The highest BCUT2D eigenvalue weighted by Gasteiger charge is 2.27. The Hall–Kier alpha value is -0.850. The summed E-state index contributed by atoms with van der Waals surface area (Å²) in [6.45, 7) is 5.26. The summed E-state index contributed by atoms with van der Waals surface area (Å²) >= 11 is 12.1. The van der Waals surface area contributed by atoms with Crippen molar-refractivity contribution in [1.82, 2.24) is 4.90 Å². The van der Waals surface area contributed by atoms with Crippen LogP contribution in [0.5, 0.6) is 0 Å². The molecule has 3 N–H and O–H groups in total. The van der Waals surface area contributed by atoms with Crippen LogP contribution in [-0.2, 0) is 4.79 Å². The number of hydrogen-bond donors (Lipinski definition) is 2. The number of Topliss-reactive ketones (excluding diaryl/α,β-unsaturated/α-hetero) is 1. The standard InChI is InChI=1S/C17H25Cl2N3O2/c1-12(8-16(23)2-3-20)17(24)22-6-4-21(5-7-22)15-10-13(18)9-14(19)11-15/h9-12,17,24H,2-8,20H2,1H3. The summed E-state index contributed by atoms with van der Waals surface area (Å²) in [7, 11) is 0. The van der Waals surface area contributed by atoms with Gasteiger partial charge in [0.15, 0.2) is 0 Å². The summed E-state index contributed by atoms with van der Waals surface area (Å²) in [6, 6.07) is 5.51. The van der Waals surface area contributed by atoms with Crippen LogP contribution in [-0.4, -0.2) is 54.7 Å². The Balaban J connectivity index is 1.88. The normalized spacial score (nSPS) is 18.5. The van der Waals surface area contributed by atoms with Gasteiger partial charge in [0, 0.05) is 60.7 Å². The SMILES string of the molecule is CC(CC(=O)CCN)C(O)N1CCN(c2cc(Cl)cc(Cl)c2)CC1. The maximum Gasteiger partial charge on any atom is 0.134 e. The highest BCUT2D eigenvalue weighted by molar-refractivity contribution is 6.35. The zero-order valence-electron chi connectivity index (χ0n) is 13.9. The summed E-state index contributed by atoms with van der Waals surface area (Å²) in [5, 5.41) is 11.7. The van der Waals surface area contributed by atoms with Gasteiger partial charge in [0.25, 0.3) is 0 Å². The zero-order valence-corrected chi connectivity index (χ0v) is 15.4. The second-order valence-electron chi connectivity index (χ2n) is 6.32. The summed E-state index contributed by atoms with van der Waals surface area (Å²) in [6.07, 6.45) is 0.125. The number of piperazine rings is 1. The molecule has 1 aromatic rings. The van der Waals surface area contributed by atoms with Gasteiger partial charge < -0.3 is 15.7 Å². The third-order valence-corrected chi connectivity index (χ3v) is 4.82. The van der Waals surface area contributed by atoms with Gasteiger partial charge in [0.05, 0.1) is 0 Å². The van der Waals surface area contributed by atoms with E-state index >= 15 is 0 Å². The quantitative estimate of drug-likeness (QED) is 0.767. The minimum atomic E-state index is -0.614. The lowest BCUT2D eigenvalue weighted by atomic mass is 10.00. The van der Waals surface area contributed by atoms with Gasteiger partial charge in [-0.2, -0.15) is 0 Å². The fourth-order valence-corrected chi connectivity index (χ4v) is 3.57. The fourth-order valence-electron chi connectivity index (χ4n) is 3.05. The molecule has 1 fully saturated rings. The van der Waals surface area contributed by atoms with Crippen molar-refractivity contribution in [3.63, 3.8) is 0 Å². The molecule has 24 heavy (non-hydrogen) atoms. The molecule has 2 atom stereocenters. The molecule has 0 bridgehead atoms. The molecule has 2 rings (SSSR count). The van der Waals surface area contributed by atoms with Gasteiger partial charge in [-0.25, -0.2) is 0 Å². The van der Waals surface area contributed by atoms with E-state index in [9.17, 15) is 9.90 Å². The topological polar surface area (TPSA) is 69.8 Å². The first-order valence-electron chi connectivity index (χ1n) is 8.25.